The van der Waals surface area contributed by atoms with Crippen LogP contribution in [0.25, 0.3) is 10.9 Å². The Bertz CT molecular complexity index is 970. The van der Waals surface area contributed by atoms with Crippen LogP contribution >= 0.6 is 0 Å². The lowest BCUT2D eigenvalue weighted by Crippen LogP contribution is -2.31. The van der Waals surface area contributed by atoms with Gasteiger partial charge in [-0.3, -0.25) is 9.78 Å². The number of para-hydroxylation sites is 1. The van der Waals surface area contributed by atoms with Crippen LogP contribution in [0.4, 0.5) is 0 Å². The number of pyridine rings is 1. The standard InChI is InChI=1S/C23H27N3O3/c1-23(2,3)15-9-10-19-17(13-15)21(16-7-4-5-8-18(16)26-19)22(28)29-14-20(27)25-12-6-11-24/h4-5,7-8,15H,6,9-10,12-14H2,1-3H3,(H,25,27)/t15-/m0/s1. The average molecular weight is 393 g/mol. The fraction of sp³-hybridized carbons (Fsp3) is 0.478. The highest BCUT2D eigenvalue weighted by molar-refractivity contribution is 6.05. The Balaban J connectivity index is 1.90. The van der Waals surface area contributed by atoms with Crippen molar-refractivity contribution in [2.45, 2.75) is 46.5 Å². The van der Waals surface area contributed by atoms with Gasteiger partial charge in [-0.15, -0.1) is 0 Å². The Morgan fingerprint density at radius 2 is 2.07 bits per heavy atom. The Hall–Kier alpha value is -2.94. The van der Waals surface area contributed by atoms with E-state index in [9.17, 15) is 9.59 Å². The van der Waals surface area contributed by atoms with Crippen LogP contribution in [-0.4, -0.2) is 30.0 Å². The van der Waals surface area contributed by atoms with E-state index < -0.39 is 11.9 Å². The molecule has 0 bridgehead atoms. The van der Waals surface area contributed by atoms with Gasteiger partial charge in [0.05, 0.1) is 23.6 Å². The SMILES string of the molecule is CC(C)(C)[C@H]1CCc2nc3ccccc3c(C(=O)OCC(=O)NCCC#N)c2C1. The number of fused-ring (bicyclic) bond motifs is 2. The molecule has 0 unspecified atom stereocenters. The number of nitriles is 1. The van der Waals surface area contributed by atoms with Crippen LogP contribution in [0.3, 0.4) is 0 Å². The van der Waals surface area contributed by atoms with E-state index in [1.54, 1.807) is 0 Å². The normalized spacial score (nSPS) is 16.0. The molecule has 3 rings (SSSR count). The minimum atomic E-state index is -0.496. The minimum absolute atomic E-state index is 0.130. The summed E-state index contributed by atoms with van der Waals surface area (Å²) in [7, 11) is 0. The van der Waals surface area contributed by atoms with Crippen molar-refractivity contribution in [1.29, 1.82) is 5.26 Å². The zero-order chi connectivity index (χ0) is 21.0. The number of carbonyl (C=O) groups is 2. The number of nitrogens with zero attached hydrogens (tertiary/aromatic N) is 2. The maximum Gasteiger partial charge on any atom is 0.339 e. The molecule has 6 nitrogen and oxygen atoms in total. The Morgan fingerprint density at radius 1 is 1.31 bits per heavy atom. The number of ether oxygens (including phenoxy) is 1. The third-order valence-electron chi connectivity index (χ3n) is 5.58. The number of esters is 1. The second-order valence-corrected chi connectivity index (χ2v) is 8.57. The second-order valence-electron chi connectivity index (χ2n) is 8.57. The second kappa shape index (κ2) is 8.60. The van der Waals surface area contributed by atoms with Gasteiger partial charge in [-0.1, -0.05) is 39.0 Å². The number of aromatic nitrogens is 1. The fourth-order valence-electron chi connectivity index (χ4n) is 3.87. The number of amides is 1. The first kappa shape index (κ1) is 20.8. The lowest BCUT2D eigenvalue weighted by Gasteiger charge is -2.35. The number of nitrogens with one attached hydrogen (secondary N) is 1. The Morgan fingerprint density at radius 3 is 2.79 bits per heavy atom. The summed E-state index contributed by atoms with van der Waals surface area (Å²) in [6, 6.07) is 9.52. The van der Waals surface area contributed by atoms with Gasteiger partial charge in [-0.05, 0) is 42.2 Å². The summed E-state index contributed by atoms with van der Waals surface area (Å²) in [5.74, 6) is -0.461. The first-order valence-corrected chi connectivity index (χ1v) is 10.0. The average Bonchev–Trinajstić information content (AvgIpc) is 2.69. The minimum Gasteiger partial charge on any atom is -0.452 e. The smallest absolute Gasteiger partial charge is 0.339 e. The summed E-state index contributed by atoms with van der Waals surface area (Å²) >= 11 is 0. The Labute approximate surface area is 171 Å². The summed E-state index contributed by atoms with van der Waals surface area (Å²) in [5.41, 5.74) is 3.33. The van der Waals surface area contributed by atoms with E-state index in [-0.39, 0.29) is 25.0 Å². The molecule has 0 saturated carbocycles. The number of rotatable bonds is 5. The van der Waals surface area contributed by atoms with Gasteiger partial charge in [-0.25, -0.2) is 4.79 Å². The molecular weight excluding hydrogens is 366 g/mol. The molecule has 0 saturated heterocycles. The molecule has 1 aromatic heterocycles. The summed E-state index contributed by atoms with van der Waals surface area (Å²) in [6.07, 6.45) is 2.86. The summed E-state index contributed by atoms with van der Waals surface area (Å²) in [5, 5.41) is 11.9. The molecule has 1 aromatic carbocycles. The van der Waals surface area contributed by atoms with Crippen molar-refractivity contribution in [3.63, 3.8) is 0 Å². The number of carbonyl (C=O) groups excluding carboxylic acids is 2. The van der Waals surface area contributed by atoms with E-state index >= 15 is 0 Å². The van der Waals surface area contributed by atoms with Crippen molar-refractivity contribution in [1.82, 2.24) is 10.3 Å². The highest BCUT2D eigenvalue weighted by atomic mass is 16.5. The summed E-state index contributed by atoms with van der Waals surface area (Å²) in [4.78, 5) is 29.7. The van der Waals surface area contributed by atoms with Crippen LogP contribution in [0, 0.1) is 22.7 Å². The molecule has 2 aromatic rings. The van der Waals surface area contributed by atoms with Crippen molar-refractivity contribution in [3.8, 4) is 6.07 Å². The molecule has 1 heterocycles. The zero-order valence-corrected chi connectivity index (χ0v) is 17.2. The third kappa shape index (κ3) is 4.73. The van der Waals surface area contributed by atoms with E-state index in [1.807, 2.05) is 30.3 Å². The summed E-state index contributed by atoms with van der Waals surface area (Å²) < 4.78 is 5.35. The lowest BCUT2D eigenvalue weighted by molar-refractivity contribution is -0.124. The van der Waals surface area contributed by atoms with Gasteiger partial charge in [-0.2, -0.15) is 5.26 Å². The largest absolute Gasteiger partial charge is 0.452 e. The monoisotopic (exact) mass is 393 g/mol. The van der Waals surface area contributed by atoms with E-state index in [0.717, 1.165) is 41.4 Å². The van der Waals surface area contributed by atoms with Gasteiger partial charge in [0.1, 0.15) is 0 Å². The van der Waals surface area contributed by atoms with Gasteiger partial charge in [0.15, 0.2) is 6.61 Å². The molecule has 0 spiro atoms. The molecule has 1 N–H and O–H groups in total. The van der Waals surface area contributed by atoms with Crippen LogP contribution < -0.4 is 5.32 Å². The molecule has 0 radical (unpaired) electrons. The molecule has 29 heavy (non-hydrogen) atoms. The molecule has 152 valence electrons. The molecule has 0 fully saturated rings. The maximum absolute atomic E-state index is 13.0. The molecule has 1 aliphatic rings. The van der Waals surface area contributed by atoms with Gasteiger partial charge in [0.25, 0.3) is 5.91 Å². The van der Waals surface area contributed by atoms with E-state index in [1.165, 1.54) is 0 Å². The van der Waals surface area contributed by atoms with Crippen molar-refractivity contribution in [2.24, 2.45) is 11.3 Å². The van der Waals surface area contributed by atoms with Crippen molar-refractivity contribution in [2.75, 3.05) is 13.2 Å². The van der Waals surface area contributed by atoms with Gasteiger partial charge >= 0.3 is 5.97 Å². The number of benzene rings is 1. The number of hydrogen-bond donors (Lipinski definition) is 1. The van der Waals surface area contributed by atoms with Crippen LogP contribution in [-0.2, 0) is 22.4 Å². The van der Waals surface area contributed by atoms with Crippen molar-refractivity contribution >= 4 is 22.8 Å². The molecule has 6 heteroatoms. The van der Waals surface area contributed by atoms with Gasteiger partial charge in [0, 0.05) is 17.6 Å². The fourth-order valence-corrected chi connectivity index (χ4v) is 3.87. The zero-order valence-electron chi connectivity index (χ0n) is 17.2. The van der Waals surface area contributed by atoms with E-state index in [0.29, 0.717) is 11.5 Å². The number of hydrogen-bond acceptors (Lipinski definition) is 5. The van der Waals surface area contributed by atoms with Crippen LogP contribution in [0.5, 0.6) is 0 Å². The highest BCUT2D eigenvalue weighted by Crippen LogP contribution is 2.39. The molecule has 1 aliphatic carbocycles. The molecular formula is C23H27N3O3. The number of aryl methyl sites for hydroxylation is 1. The van der Waals surface area contributed by atoms with Gasteiger partial charge < -0.3 is 10.1 Å². The Kier molecular flexibility index (Phi) is 6.17. The topological polar surface area (TPSA) is 92.1 Å². The lowest BCUT2D eigenvalue weighted by atomic mass is 9.70. The quantitative estimate of drug-likeness (QED) is 0.619. The van der Waals surface area contributed by atoms with E-state index in [4.69, 9.17) is 15.0 Å². The summed E-state index contributed by atoms with van der Waals surface area (Å²) in [6.45, 7) is 6.55. The van der Waals surface area contributed by atoms with Gasteiger partial charge in [0.2, 0.25) is 0 Å². The first-order valence-electron chi connectivity index (χ1n) is 10.0. The predicted molar refractivity (Wildman–Crippen MR) is 110 cm³/mol. The third-order valence-corrected chi connectivity index (χ3v) is 5.58. The van der Waals surface area contributed by atoms with Crippen molar-refractivity contribution < 1.29 is 14.3 Å². The van der Waals surface area contributed by atoms with Crippen LogP contribution in [0.1, 0.15) is 55.2 Å². The highest BCUT2D eigenvalue weighted by Gasteiger charge is 2.33. The first-order chi connectivity index (χ1) is 13.8. The van der Waals surface area contributed by atoms with Crippen molar-refractivity contribution in [3.05, 3.63) is 41.1 Å². The maximum atomic E-state index is 13.0. The molecule has 1 atom stereocenters. The molecule has 1 amide bonds. The van der Waals surface area contributed by atoms with Crippen LogP contribution in [0.2, 0.25) is 0 Å². The molecule has 0 aliphatic heterocycles. The predicted octanol–water partition coefficient (Wildman–Crippen LogP) is 3.57. The van der Waals surface area contributed by atoms with E-state index in [2.05, 4.69) is 26.1 Å². The van der Waals surface area contributed by atoms with Crippen LogP contribution in [0.15, 0.2) is 24.3 Å².